The van der Waals surface area contributed by atoms with Gasteiger partial charge in [-0.3, -0.25) is 41.3 Å². The number of hydrogen-bond acceptors (Lipinski definition) is 32. The van der Waals surface area contributed by atoms with Crippen molar-refractivity contribution in [2.24, 2.45) is 0 Å². The molecule has 6 aliphatic heterocycles. The van der Waals surface area contributed by atoms with E-state index in [1.165, 1.54) is 62.3 Å². The molecule has 580 valence electrons. The smallest absolute Gasteiger partial charge is 0.386 e. The maximum atomic E-state index is 16.6. The zero-order chi connectivity index (χ0) is 76.4. The van der Waals surface area contributed by atoms with Crippen LogP contribution in [0.5, 0.6) is 0 Å². The number of aromatic nitrogens is 14. The second-order valence-electron chi connectivity index (χ2n) is 26.5. The van der Waals surface area contributed by atoms with Crippen molar-refractivity contribution >= 4 is 171 Å². The van der Waals surface area contributed by atoms with Crippen LogP contribution in [0, 0.1) is 0 Å². The second-order valence-corrected chi connectivity index (χ2v) is 47.2. The molecule has 0 radical (unpaired) electrons. The molecule has 8 aromatic rings. The molecule has 4 bridgehead atoms. The Morgan fingerprint density at radius 2 is 0.981 bits per heavy atom. The van der Waals surface area contributed by atoms with Gasteiger partial charge in [0.25, 0.3) is 11.1 Å². The van der Waals surface area contributed by atoms with Gasteiger partial charge in [-0.1, -0.05) is 90.8 Å². The second kappa shape index (κ2) is 30.6. The highest BCUT2D eigenvalue weighted by atomic mass is 35.5. The van der Waals surface area contributed by atoms with E-state index in [9.17, 15) is 38.7 Å². The number of nitrogens with one attached hydrogen (secondary N) is 2. The number of anilines is 2. The minimum atomic E-state index is -4.57. The quantitative estimate of drug-likeness (QED) is 0.0356. The normalized spacial score (nSPS) is 34.4. The van der Waals surface area contributed by atoms with Gasteiger partial charge in [-0.25, -0.2) is 53.2 Å². The fourth-order valence-corrected chi connectivity index (χ4v) is 29.7. The number of halogens is 4. The van der Waals surface area contributed by atoms with Gasteiger partial charge < -0.3 is 96.2 Å². The molecule has 0 aliphatic carbocycles. The van der Waals surface area contributed by atoms with Crippen LogP contribution in [-0.2, 0) is 104 Å². The summed E-state index contributed by atoms with van der Waals surface area (Å²) in [5, 5.41) is 11.3. The van der Waals surface area contributed by atoms with E-state index in [0.29, 0.717) is 0 Å². The maximum Gasteiger partial charge on any atom is 0.386 e. The van der Waals surface area contributed by atoms with Gasteiger partial charge in [-0.05, 0) is 57.6 Å². The summed E-state index contributed by atoms with van der Waals surface area (Å²) in [5.41, 5.74) is 10.5. The maximum absolute atomic E-state index is 16.6. The number of aliphatic hydroxyl groups is 1. The van der Waals surface area contributed by atoms with Crippen LogP contribution in [0.2, 0.25) is 32.2 Å². The van der Waals surface area contributed by atoms with Crippen molar-refractivity contribution in [2.75, 3.05) is 37.9 Å². The predicted octanol–water partition coefficient (Wildman–Crippen LogP) is 6.47. The lowest BCUT2D eigenvalue weighted by atomic mass is 10.1. The third kappa shape index (κ3) is 15.4. The Hall–Kier alpha value is -3.82. The molecule has 6 saturated heterocycles. The largest absolute Gasteiger partial charge is 0.414 e. The number of thiol groups is 1. The van der Waals surface area contributed by atoms with Crippen LogP contribution in [0.15, 0.2) is 59.9 Å². The first-order valence-corrected chi connectivity index (χ1v) is 47.7. The molecule has 38 nitrogen and oxygen atoms in total. The first kappa shape index (κ1) is 80.2. The highest BCUT2D eigenvalue weighted by Gasteiger charge is 2.62. The Morgan fingerprint density at radius 1 is 0.575 bits per heavy atom. The molecule has 0 saturated carbocycles. The van der Waals surface area contributed by atoms with Crippen LogP contribution in [0.1, 0.15) is 80.3 Å². The first-order valence-electron chi connectivity index (χ1n) is 32.5. The van der Waals surface area contributed by atoms with E-state index in [1.54, 1.807) is 0 Å². The average molecular weight is 1710 g/mol. The zero-order valence-electron chi connectivity index (χ0n) is 56.7. The molecule has 20 atom stereocenters. The number of aliphatic hydroxyl groups excluding tert-OH is 1. The average Bonchev–Trinajstić information content (AvgIpc) is 1.57. The van der Waals surface area contributed by atoms with Gasteiger partial charge in [-0.15, -0.1) is 0 Å². The molecule has 8 aromatic heterocycles. The van der Waals surface area contributed by atoms with Crippen LogP contribution < -0.4 is 22.6 Å². The molecule has 0 spiro atoms. The van der Waals surface area contributed by atoms with E-state index in [0.717, 1.165) is 6.33 Å². The van der Waals surface area contributed by atoms with Gasteiger partial charge in [0.15, 0.2) is 71.5 Å². The molecule has 11 N–H and O–H groups in total. The van der Waals surface area contributed by atoms with Gasteiger partial charge >= 0.3 is 44.1 Å². The summed E-state index contributed by atoms with van der Waals surface area (Å²) in [6.45, 7) is -4.58. The van der Waals surface area contributed by atoms with Crippen molar-refractivity contribution in [3.05, 3.63) is 81.1 Å². The summed E-state index contributed by atoms with van der Waals surface area (Å²) in [6.07, 6.45) is -13.8. The number of nitrogen functional groups attached to an aromatic ring is 2. The monoisotopic (exact) mass is 1710 g/mol. The van der Waals surface area contributed by atoms with Crippen LogP contribution in [0.25, 0.3) is 44.4 Å². The SMILES string of the molecule is CC(C)[Si](O)(O[Si](O[C@H]1[C@H]2OP(=O)(S)OC[C@H]3O[C@@H](n4cnc5c(N)ncnc54)[C@H](F)[C@@H]3OP(O)(=S)OC[C@H]1O[C@H]2n1cc(Cl)c2c(=O)[nH]cnc21)(C(C)C)C(C)C)C(C)C.Nc1ncnc2c1ncn2[C@@H]1O[C@@H]2COP(O)(=S)O[C@@H]3[C@H](O)[C@@H](COP(O)(=S)O[C@H]2[C@H]1F)O[C@H]3n1cc(Cl)c2c(=O)[nH]cnc21. The summed E-state index contributed by atoms with van der Waals surface area (Å²) in [5.74, 6) is 0.106. The molecule has 0 aromatic carbocycles. The number of H-pyrrole nitrogens is 2. The number of nitrogens with zero attached hydrogens (tertiary/aromatic N) is 12. The Balaban J connectivity index is 0.000000196. The Morgan fingerprint density at radius 3 is 1.43 bits per heavy atom. The van der Waals surface area contributed by atoms with Crippen LogP contribution in [0.3, 0.4) is 0 Å². The number of aromatic amines is 2. The molecule has 106 heavy (non-hydrogen) atoms. The Labute approximate surface area is 631 Å². The predicted molar refractivity (Wildman–Crippen MR) is 391 cm³/mol. The van der Waals surface area contributed by atoms with Crippen LogP contribution in [-0.4, -0.2) is 210 Å². The van der Waals surface area contributed by atoms with Crippen molar-refractivity contribution in [1.29, 1.82) is 0 Å². The van der Waals surface area contributed by atoms with E-state index >= 15 is 8.78 Å². The van der Waals surface area contributed by atoms with E-state index in [4.69, 9.17) is 134 Å². The molecule has 14 rings (SSSR count). The molecule has 0 amide bonds. The van der Waals surface area contributed by atoms with Crippen molar-refractivity contribution in [2.45, 2.75) is 176 Å². The van der Waals surface area contributed by atoms with Crippen molar-refractivity contribution in [1.82, 2.24) is 68.1 Å². The molecule has 4 unspecified atom stereocenters. The van der Waals surface area contributed by atoms with Crippen molar-refractivity contribution < 1.29 is 102 Å². The number of alkyl halides is 2. The fraction of sp³-hybridized carbons (Fsp3) is 0.593. The number of hydrogen-bond donors (Lipinski definition) is 10. The molecule has 14 heterocycles. The van der Waals surface area contributed by atoms with E-state index in [-0.39, 0.29) is 88.2 Å². The first-order chi connectivity index (χ1) is 49.8. The van der Waals surface area contributed by atoms with E-state index < -0.39 is 180 Å². The number of nitrogens with two attached hydrogens (primary N) is 2. The molecule has 6 aliphatic rings. The third-order valence-corrected chi connectivity index (χ3v) is 35.3. The summed E-state index contributed by atoms with van der Waals surface area (Å²) in [4.78, 5) is 109. The van der Waals surface area contributed by atoms with Crippen molar-refractivity contribution in [3.8, 4) is 0 Å². The van der Waals surface area contributed by atoms with Crippen LogP contribution in [0.4, 0.5) is 20.4 Å². The van der Waals surface area contributed by atoms with Gasteiger partial charge in [0, 0.05) is 12.4 Å². The zero-order valence-corrected chi connectivity index (χ0v) is 67.1. The Bertz CT molecular complexity index is 4950. The van der Waals surface area contributed by atoms with E-state index in [1.807, 2.05) is 55.4 Å². The lowest BCUT2D eigenvalue weighted by Crippen LogP contribution is -2.62. The number of rotatable bonds is 12. The van der Waals surface area contributed by atoms with Crippen molar-refractivity contribution in [3.63, 3.8) is 0 Å². The number of fused-ring (bicyclic) bond motifs is 10. The van der Waals surface area contributed by atoms with Gasteiger partial charge in [0.2, 0.25) is 0 Å². The van der Waals surface area contributed by atoms with Gasteiger partial charge in [0.05, 0.1) is 61.8 Å². The molecular weight excluding hydrogens is 1640 g/mol. The highest BCUT2D eigenvalue weighted by Crippen LogP contribution is 2.61. The lowest BCUT2D eigenvalue weighted by molar-refractivity contribution is -0.0601. The lowest BCUT2D eigenvalue weighted by Gasteiger charge is -2.47. The number of ether oxygens (including phenoxy) is 4. The molecule has 6 fully saturated rings. The van der Waals surface area contributed by atoms with E-state index in [2.05, 4.69) is 62.1 Å². The summed E-state index contributed by atoms with van der Waals surface area (Å²) in [7, 11) is -7.22. The Kier molecular flexibility index (Phi) is 23.2. The summed E-state index contributed by atoms with van der Waals surface area (Å²) < 4.78 is 138. The minimum Gasteiger partial charge on any atom is -0.414 e. The van der Waals surface area contributed by atoms with Crippen LogP contribution >= 0.6 is 62.4 Å². The fourth-order valence-electron chi connectivity index (χ4n) is 13.4. The molecular formula is C54H72Cl2F2N16O22P4S4Si2. The van der Waals surface area contributed by atoms with Gasteiger partial charge in [-0.2, -0.15) is 0 Å². The number of imidazole rings is 2. The summed E-state index contributed by atoms with van der Waals surface area (Å²) >= 11 is 33.2. The highest BCUT2D eigenvalue weighted by molar-refractivity contribution is 8.44. The third-order valence-electron chi connectivity index (χ3n) is 18.7. The molecule has 52 heteroatoms. The topological polar surface area (TPSA) is 488 Å². The standard InChI is InChI=1S/C33H50ClFN8O12P2S2Si2.C21H22ClFN8O10P2S2/c1-15(2)60(47,16(3)4)55-61(17(5)6,18(7)8)54-26-21-11-49-56(45,58)52-25-20(50-32(23(25)35)43-14-41-24-28(36)37-12-39-30(24)43)10-48-57(46,59)53-27(26)33(51-21)42-9-19(34)22-29(42)38-13-40-31(22)44;22-7-1-30(17-10(7)19(33)28-5-26-17)21-15-13(32)8(38-21)2-36-42(34,44)40-14-9(3-37-43(35,45)41-15)39-20(11(14)23)31-6-29-12-16(24)25-4-27-18(12)31/h9,12-18,20-21,23,25-27,32-33,47H,10-11H2,1-8H3,(H,45,58)(H,46,59)(H2,36,37,39)(H,38,40,44);1,4-6,8-9,11,13-15,20-21,32H,2-3H2,(H,34,44)(H,35,45)(H2,24,25,27)(H,26,28,33)/t20-,21-,23-,25-,26-,27-,32-,33-,56?,57?;8-,9-,11-,13-,14-,15-,20-,21-,42?,43?/m11/s1. The minimum absolute atomic E-state index is 0.0174. The van der Waals surface area contributed by atoms with Gasteiger partial charge in [0.1, 0.15) is 95.5 Å². The summed E-state index contributed by atoms with van der Waals surface area (Å²) in [6, 6.07) is 0.